The molecule has 0 bridgehead atoms. The Morgan fingerprint density at radius 2 is 1.74 bits per heavy atom. The van der Waals surface area contributed by atoms with Crippen molar-refractivity contribution in [2.75, 3.05) is 6.54 Å². The molecule has 2 amide bonds. The number of benzene rings is 2. The van der Waals surface area contributed by atoms with Crippen LogP contribution in [-0.2, 0) is 10.2 Å². The summed E-state index contributed by atoms with van der Waals surface area (Å²) in [5, 5.41) is 2.91. The van der Waals surface area contributed by atoms with Gasteiger partial charge >= 0.3 is 0 Å². The zero-order valence-corrected chi connectivity index (χ0v) is 25.3. The van der Waals surface area contributed by atoms with Gasteiger partial charge in [0.1, 0.15) is 11.5 Å². The zero-order chi connectivity index (χ0) is 30.6. The average molecular weight is 575 g/mol. The van der Waals surface area contributed by atoms with Crippen LogP contribution in [0.5, 0.6) is 0 Å². The predicted molar refractivity (Wildman–Crippen MR) is 168 cm³/mol. The molecule has 6 heteroatoms. The number of allylic oxidation sites excluding steroid dienone is 5. The molecular formula is C36H44F2N2O2. The van der Waals surface area contributed by atoms with Gasteiger partial charge in [-0.05, 0) is 85.1 Å². The van der Waals surface area contributed by atoms with Crippen LogP contribution in [0.15, 0.2) is 89.5 Å². The molecule has 1 N–H and O–H groups in total. The molecule has 0 fully saturated rings. The fraction of sp³-hybridized carbons (Fsp3) is 0.417. The van der Waals surface area contributed by atoms with Gasteiger partial charge in [0.05, 0.1) is 0 Å². The lowest BCUT2D eigenvalue weighted by molar-refractivity contribution is -0.121. The molecule has 2 aromatic carbocycles. The standard InChI is InChI=1S/C36H44F2N2O2/c1-35(2,3)30-17-13-29(14-18-30)34(42)40-26-10-6-5-9-25-39-33(41)12-8-7-11-32(27-15-19-31(37)20-16-27)28-21-23-36(4,38)24-22-28/h5,9,13-23,26,32H,6-8,10-12,24-25H2,1-4H3,(H,39,41)/b9-5-,40-26?. The minimum Gasteiger partial charge on any atom is -0.353 e. The Bertz CT molecular complexity index is 1300. The number of unbranched alkanes of at least 4 members (excludes halogenated alkanes) is 2. The number of aliphatic imine (C=N–C) groups is 1. The van der Waals surface area contributed by atoms with Gasteiger partial charge < -0.3 is 5.32 Å². The largest absolute Gasteiger partial charge is 0.353 e. The number of rotatable bonds is 13. The number of nitrogens with one attached hydrogen (secondary N) is 1. The van der Waals surface area contributed by atoms with Crippen molar-refractivity contribution in [3.8, 4) is 0 Å². The topological polar surface area (TPSA) is 58.5 Å². The summed E-state index contributed by atoms with van der Waals surface area (Å²) in [4.78, 5) is 28.6. The highest BCUT2D eigenvalue weighted by Crippen LogP contribution is 2.36. The fourth-order valence-electron chi connectivity index (χ4n) is 4.80. The number of nitrogens with zero attached hydrogens (tertiary/aromatic N) is 1. The summed E-state index contributed by atoms with van der Waals surface area (Å²) < 4.78 is 27.7. The van der Waals surface area contributed by atoms with Crippen molar-refractivity contribution in [3.05, 3.63) is 107 Å². The van der Waals surface area contributed by atoms with Gasteiger partial charge in [-0.25, -0.2) is 13.8 Å². The van der Waals surface area contributed by atoms with Crippen LogP contribution < -0.4 is 5.32 Å². The quantitative estimate of drug-likeness (QED) is 0.148. The molecule has 0 spiro atoms. The van der Waals surface area contributed by atoms with Crippen LogP contribution in [0.1, 0.15) is 100 Å². The number of hydrogen-bond donors (Lipinski definition) is 1. The molecule has 224 valence electrons. The molecule has 2 unspecified atom stereocenters. The molecule has 2 aromatic rings. The predicted octanol–water partition coefficient (Wildman–Crippen LogP) is 8.75. The van der Waals surface area contributed by atoms with Crippen LogP contribution in [0.25, 0.3) is 0 Å². The van der Waals surface area contributed by atoms with E-state index >= 15 is 0 Å². The number of carbonyl (C=O) groups excluding carboxylic acids is 2. The van der Waals surface area contributed by atoms with Gasteiger partial charge in [-0.3, -0.25) is 9.59 Å². The molecule has 3 rings (SSSR count). The van der Waals surface area contributed by atoms with Crippen LogP contribution in [0.2, 0.25) is 0 Å². The minimum absolute atomic E-state index is 0.00686. The lowest BCUT2D eigenvalue weighted by atomic mass is 9.82. The maximum Gasteiger partial charge on any atom is 0.276 e. The number of hydrogen-bond acceptors (Lipinski definition) is 2. The molecule has 0 aliphatic heterocycles. The first-order chi connectivity index (χ1) is 19.9. The monoisotopic (exact) mass is 574 g/mol. The molecule has 0 saturated carbocycles. The van der Waals surface area contributed by atoms with Gasteiger partial charge in [0, 0.05) is 37.1 Å². The van der Waals surface area contributed by atoms with Gasteiger partial charge in [0.15, 0.2) is 0 Å². The second kappa shape index (κ2) is 15.5. The molecule has 42 heavy (non-hydrogen) atoms. The zero-order valence-electron chi connectivity index (χ0n) is 25.3. The van der Waals surface area contributed by atoms with E-state index in [4.69, 9.17) is 0 Å². The van der Waals surface area contributed by atoms with Gasteiger partial charge in [-0.2, -0.15) is 0 Å². The van der Waals surface area contributed by atoms with E-state index in [0.717, 1.165) is 36.8 Å². The third-order valence-electron chi connectivity index (χ3n) is 7.43. The highest BCUT2D eigenvalue weighted by molar-refractivity contribution is 5.98. The van der Waals surface area contributed by atoms with E-state index in [2.05, 4.69) is 31.1 Å². The van der Waals surface area contributed by atoms with Gasteiger partial charge in [0.2, 0.25) is 5.91 Å². The molecule has 0 radical (unpaired) electrons. The van der Waals surface area contributed by atoms with Crippen LogP contribution in [0.4, 0.5) is 8.78 Å². The smallest absolute Gasteiger partial charge is 0.276 e. The Morgan fingerprint density at radius 3 is 2.38 bits per heavy atom. The molecule has 0 aromatic heterocycles. The summed E-state index contributed by atoms with van der Waals surface area (Å²) in [6.45, 7) is 8.41. The molecular weight excluding hydrogens is 530 g/mol. The van der Waals surface area contributed by atoms with Crippen molar-refractivity contribution in [3.63, 3.8) is 0 Å². The van der Waals surface area contributed by atoms with E-state index in [-0.39, 0.29) is 29.0 Å². The second-order valence-corrected chi connectivity index (χ2v) is 12.2. The van der Waals surface area contributed by atoms with Crippen LogP contribution in [-0.4, -0.2) is 30.2 Å². The normalized spacial score (nSPS) is 17.9. The highest BCUT2D eigenvalue weighted by Gasteiger charge is 2.24. The summed E-state index contributed by atoms with van der Waals surface area (Å²) in [7, 11) is 0. The van der Waals surface area contributed by atoms with Gasteiger partial charge in [0.25, 0.3) is 5.91 Å². The molecule has 0 saturated heterocycles. The molecule has 0 heterocycles. The van der Waals surface area contributed by atoms with E-state index in [9.17, 15) is 18.4 Å². The lowest BCUT2D eigenvalue weighted by Crippen LogP contribution is -2.22. The second-order valence-electron chi connectivity index (χ2n) is 12.2. The molecule has 4 nitrogen and oxygen atoms in total. The Balaban J connectivity index is 1.33. The van der Waals surface area contributed by atoms with E-state index in [1.807, 2.05) is 48.6 Å². The van der Waals surface area contributed by atoms with Gasteiger partial charge in [-0.15, -0.1) is 0 Å². The summed E-state index contributed by atoms with van der Waals surface area (Å²) in [5.41, 5.74) is 2.49. The Kier molecular flexibility index (Phi) is 12.1. The SMILES string of the molecule is CC1(F)C=CC(C(CCCCC(=O)NC/C=C\CCC=NC(=O)c2ccc(C(C)(C)C)cc2)c2ccc(F)cc2)=CC1. The Morgan fingerprint density at radius 1 is 1.02 bits per heavy atom. The third kappa shape index (κ3) is 11.0. The van der Waals surface area contributed by atoms with Crippen LogP contribution in [0.3, 0.4) is 0 Å². The van der Waals surface area contributed by atoms with Crippen molar-refractivity contribution >= 4 is 18.0 Å². The van der Waals surface area contributed by atoms with E-state index in [0.29, 0.717) is 31.4 Å². The van der Waals surface area contributed by atoms with Crippen LogP contribution in [0, 0.1) is 5.82 Å². The van der Waals surface area contributed by atoms with Crippen LogP contribution >= 0.6 is 0 Å². The third-order valence-corrected chi connectivity index (χ3v) is 7.43. The Labute approximate surface area is 249 Å². The summed E-state index contributed by atoms with van der Waals surface area (Å²) >= 11 is 0. The first-order valence-corrected chi connectivity index (χ1v) is 14.9. The number of halogens is 2. The number of carbonyl (C=O) groups is 2. The average Bonchev–Trinajstić information content (AvgIpc) is 2.95. The van der Waals surface area contributed by atoms with E-state index in [1.165, 1.54) is 17.7 Å². The summed E-state index contributed by atoms with van der Waals surface area (Å²) in [5.74, 6) is -0.497. The number of amides is 2. The first kappa shape index (κ1) is 32.8. The van der Waals surface area contributed by atoms with Crippen molar-refractivity contribution in [2.45, 2.75) is 89.6 Å². The van der Waals surface area contributed by atoms with Crippen molar-refractivity contribution in [1.29, 1.82) is 0 Å². The maximum absolute atomic E-state index is 14.2. The number of alkyl halides is 1. The molecule has 1 aliphatic rings. The Hall–Kier alpha value is -3.67. The fourth-order valence-corrected chi connectivity index (χ4v) is 4.80. The first-order valence-electron chi connectivity index (χ1n) is 14.9. The molecule has 1 aliphatic carbocycles. The summed E-state index contributed by atoms with van der Waals surface area (Å²) in [6.07, 6.45) is 15.3. The van der Waals surface area contributed by atoms with Gasteiger partial charge in [-0.1, -0.05) is 75.8 Å². The van der Waals surface area contributed by atoms with Crippen molar-refractivity contribution in [2.24, 2.45) is 4.99 Å². The lowest BCUT2D eigenvalue weighted by Gasteiger charge is -2.25. The van der Waals surface area contributed by atoms with Crippen molar-refractivity contribution in [1.82, 2.24) is 5.32 Å². The molecule has 2 atom stereocenters. The maximum atomic E-state index is 14.2. The summed E-state index contributed by atoms with van der Waals surface area (Å²) in [6, 6.07) is 14.1. The van der Waals surface area contributed by atoms with E-state index < -0.39 is 5.67 Å². The highest BCUT2D eigenvalue weighted by atomic mass is 19.1. The van der Waals surface area contributed by atoms with Crippen molar-refractivity contribution < 1.29 is 18.4 Å². The van der Waals surface area contributed by atoms with E-state index in [1.54, 1.807) is 31.3 Å². The minimum atomic E-state index is -1.34.